The zero-order chi connectivity index (χ0) is 14.3. The maximum Gasteiger partial charge on any atom is 0.213 e. The Labute approximate surface area is 118 Å². The van der Waals surface area contributed by atoms with Gasteiger partial charge in [0.05, 0.1) is 5.75 Å². The lowest BCUT2D eigenvalue weighted by molar-refractivity contribution is 0.271. The minimum Gasteiger partial charge on any atom is -0.317 e. The van der Waals surface area contributed by atoms with E-state index in [-0.39, 0.29) is 5.75 Å². The first-order valence-electron chi connectivity index (χ1n) is 7.32. The van der Waals surface area contributed by atoms with Gasteiger partial charge in [-0.2, -0.15) is 0 Å². The molecule has 0 aromatic rings. The van der Waals surface area contributed by atoms with Crippen molar-refractivity contribution in [2.24, 2.45) is 0 Å². The minimum absolute atomic E-state index is 0.247. The third-order valence-electron chi connectivity index (χ3n) is 3.80. The van der Waals surface area contributed by atoms with Gasteiger partial charge in [-0.15, -0.1) is 0 Å². The number of nitrogens with one attached hydrogen (secondary N) is 1. The standard InChI is InChI=1S/C13H29N3O2S/c1-4-8-14-9-6-11-19(17,18)16(3)12-13-7-5-10-15(13)2/h13-14H,4-12H2,1-3H3. The highest BCUT2D eigenvalue weighted by Crippen LogP contribution is 2.16. The third-order valence-corrected chi connectivity index (χ3v) is 5.70. The minimum atomic E-state index is -3.09. The average molecular weight is 291 g/mol. The number of hydrogen-bond donors (Lipinski definition) is 1. The lowest BCUT2D eigenvalue weighted by Gasteiger charge is -2.25. The van der Waals surface area contributed by atoms with E-state index >= 15 is 0 Å². The van der Waals surface area contributed by atoms with Crippen molar-refractivity contribution in [2.75, 3.05) is 46.0 Å². The molecule has 0 bridgehead atoms. The van der Waals surface area contributed by atoms with Crippen molar-refractivity contribution in [1.82, 2.24) is 14.5 Å². The maximum atomic E-state index is 12.1. The molecule has 1 saturated heterocycles. The van der Waals surface area contributed by atoms with Crippen LogP contribution in [0.5, 0.6) is 0 Å². The van der Waals surface area contributed by atoms with Gasteiger partial charge in [-0.05, 0) is 52.4 Å². The fourth-order valence-corrected chi connectivity index (χ4v) is 3.68. The Morgan fingerprint density at radius 2 is 2.11 bits per heavy atom. The van der Waals surface area contributed by atoms with E-state index < -0.39 is 10.0 Å². The molecule has 1 atom stereocenters. The Kier molecular flexibility index (Phi) is 7.28. The van der Waals surface area contributed by atoms with E-state index in [1.54, 1.807) is 11.4 Å². The summed E-state index contributed by atoms with van der Waals surface area (Å²) in [6.45, 7) is 5.56. The molecule has 0 radical (unpaired) electrons. The zero-order valence-electron chi connectivity index (χ0n) is 12.6. The third kappa shape index (κ3) is 5.77. The average Bonchev–Trinajstić information content (AvgIpc) is 2.74. The molecule has 19 heavy (non-hydrogen) atoms. The highest BCUT2D eigenvalue weighted by molar-refractivity contribution is 7.89. The summed E-state index contributed by atoms with van der Waals surface area (Å²) in [4.78, 5) is 2.26. The van der Waals surface area contributed by atoms with Gasteiger partial charge in [0.15, 0.2) is 0 Å². The predicted molar refractivity (Wildman–Crippen MR) is 79.8 cm³/mol. The summed E-state index contributed by atoms with van der Waals surface area (Å²) in [5.41, 5.74) is 0. The van der Waals surface area contributed by atoms with Crippen LogP contribution in [-0.2, 0) is 10.0 Å². The number of hydrogen-bond acceptors (Lipinski definition) is 4. The number of likely N-dealkylation sites (tertiary alicyclic amines) is 1. The van der Waals surface area contributed by atoms with Crippen molar-refractivity contribution in [3.63, 3.8) is 0 Å². The van der Waals surface area contributed by atoms with Crippen molar-refractivity contribution in [2.45, 2.75) is 38.6 Å². The second kappa shape index (κ2) is 8.19. The summed E-state index contributed by atoms with van der Waals surface area (Å²) in [5.74, 6) is 0.247. The van der Waals surface area contributed by atoms with E-state index in [9.17, 15) is 8.42 Å². The summed E-state index contributed by atoms with van der Waals surface area (Å²) >= 11 is 0. The molecule has 1 fully saturated rings. The summed E-state index contributed by atoms with van der Waals surface area (Å²) < 4.78 is 25.8. The van der Waals surface area contributed by atoms with E-state index in [4.69, 9.17) is 0 Å². The molecular weight excluding hydrogens is 262 g/mol. The number of nitrogens with zero attached hydrogens (tertiary/aromatic N) is 2. The molecule has 0 aromatic heterocycles. The highest BCUT2D eigenvalue weighted by Gasteiger charge is 2.26. The van der Waals surface area contributed by atoms with Gasteiger partial charge >= 0.3 is 0 Å². The Balaban J connectivity index is 2.30. The smallest absolute Gasteiger partial charge is 0.213 e. The lowest BCUT2D eigenvalue weighted by atomic mass is 10.2. The van der Waals surface area contributed by atoms with E-state index in [2.05, 4.69) is 24.2 Å². The molecule has 1 heterocycles. The Morgan fingerprint density at radius 1 is 1.37 bits per heavy atom. The van der Waals surface area contributed by atoms with Gasteiger partial charge in [-0.3, -0.25) is 0 Å². The summed E-state index contributed by atoms with van der Waals surface area (Å²) in [6.07, 6.45) is 4.05. The van der Waals surface area contributed by atoms with Crippen molar-refractivity contribution in [3.8, 4) is 0 Å². The Morgan fingerprint density at radius 3 is 2.68 bits per heavy atom. The van der Waals surface area contributed by atoms with Crippen LogP contribution in [0.3, 0.4) is 0 Å². The van der Waals surface area contributed by atoms with Crippen molar-refractivity contribution in [3.05, 3.63) is 0 Å². The molecule has 1 aliphatic heterocycles. The molecule has 0 aliphatic carbocycles. The summed E-state index contributed by atoms with van der Waals surface area (Å²) in [5, 5.41) is 3.24. The monoisotopic (exact) mass is 291 g/mol. The molecule has 0 amide bonds. The molecule has 1 aliphatic rings. The Hall–Kier alpha value is -0.170. The molecule has 5 nitrogen and oxygen atoms in total. The molecule has 6 heteroatoms. The molecule has 0 spiro atoms. The van der Waals surface area contributed by atoms with Gasteiger partial charge in [-0.1, -0.05) is 6.92 Å². The molecular formula is C13H29N3O2S. The summed E-state index contributed by atoms with van der Waals surface area (Å²) in [6, 6.07) is 0.387. The van der Waals surface area contributed by atoms with Crippen LogP contribution in [0.2, 0.25) is 0 Å². The van der Waals surface area contributed by atoms with E-state index in [1.807, 2.05) is 0 Å². The van der Waals surface area contributed by atoms with E-state index in [0.717, 1.165) is 32.5 Å². The molecule has 1 N–H and O–H groups in total. The quantitative estimate of drug-likeness (QED) is 0.636. The second-order valence-electron chi connectivity index (χ2n) is 5.48. The fourth-order valence-electron chi connectivity index (χ4n) is 2.46. The first kappa shape index (κ1) is 16.9. The van der Waals surface area contributed by atoms with Crippen LogP contribution in [-0.4, -0.2) is 69.7 Å². The van der Waals surface area contributed by atoms with E-state index in [1.165, 1.54) is 6.42 Å². The van der Waals surface area contributed by atoms with Crippen molar-refractivity contribution < 1.29 is 8.42 Å². The van der Waals surface area contributed by atoms with Gasteiger partial charge in [0.2, 0.25) is 10.0 Å². The van der Waals surface area contributed by atoms with Crippen LogP contribution < -0.4 is 5.32 Å². The van der Waals surface area contributed by atoms with Crippen LogP contribution in [0.25, 0.3) is 0 Å². The predicted octanol–water partition coefficient (Wildman–Crippen LogP) is 0.732. The Bertz CT molecular complexity index is 346. The van der Waals surface area contributed by atoms with Crippen LogP contribution in [0.1, 0.15) is 32.6 Å². The molecule has 0 saturated carbocycles. The largest absolute Gasteiger partial charge is 0.317 e. The number of sulfonamides is 1. The van der Waals surface area contributed by atoms with Gasteiger partial charge in [0.1, 0.15) is 0 Å². The number of likely N-dealkylation sites (N-methyl/N-ethyl adjacent to an activating group) is 2. The maximum absolute atomic E-state index is 12.1. The SMILES string of the molecule is CCCNCCCS(=O)(=O)N(C)CC1CCCN1C. The molecule has 114 valence electrons. The van der Waals surface area contributed by atoms with Crippen molar-refractivity contribution in [1.29, 1.82) is 0 Å². The van der Waals surface area contributed by atoms with Gasteiger partial charge in [0.25, 0.3) is 0 Å². The van der Waals surface area contributed by atoms with Gasteiger partial charge < -0.3 is 10.2 Å². The van der Waals surface area contributed by atoms with E-state index in [0.29, 0.717) is 19.0 Å². The van der Waals surface area contributed by atoms with Crippen LogP contribution in [0, 0.1) is 0 Å². The topological polar surface area (TPSA) is 52.7 Å². The van der Waals surface area contributed by atoms with Crippen molar-refractivity contribution >= 4 is 10.0 Å². The molecule has 1 rings (SSSR count). The highest BCUT2D eigenvalue weighted by atomic mass is 32.2. The first-order chi connectivity index (χ1) is 8.97. The zero-order valence-corrected chi connectivity index (χ0v) is 13.4. The van der Waals surface area contributed by atoms with Crippen LogP contribution in [0.15, 0.2) is 0 Å². The van der Waals surface area contributed by atoms with Gasteiger partial charge in [0, 0.05) is 19.6 Å². The van der Waals surface area contributed by atoms with Gasteiger partial charge in [-0.25, -0.2) is 12.7 Å². The van der Waals surface area contributed by atoms with Crippen LogP contribution >= 0.6 is 0 Å². The lowest BCUT2D eigenvalue weighted by Crippen LogP contribution is -2.40. The summed E-state index contributed by atoms with van der Waals surface area (Å²) in [7, 11) is 0.694. The molecule has 0 aromatic carbocycles. The van der Waals surface area contributed by atoms with Crippen LogP contribution in [0.4, 0.5) is 0 Å². The number of rotatable bonds is 9. The first-order valence-corrected chi connectivity index (χ1v) is 8.93. The second-order valence-corrected chi connectivity index (χ2v) is 7.67. The normalized spacial score (nSPS) is 21.4. The fraction of sp³-hybridized carbons (Fsp3) is 1.00. The molecule has 1 unspecified atom stereocenters.